The van der Waals surface area contributed by atoms with Crippen LogP contribution in [0.3, 0.4) is 0 Å². The largest absolute Gasteiger partial charge is 0.374 e. The van der Waals surface area contributed by atoms with Gasteiger partial charge in [0, 0.05) is 44.1 Å². The summed E-state index contributed by atoms with van der Waals surface area (Å²) in [5, 5.41) is 5.86. The molecule has 2 heterocycles. The van der Waals surface area contributed by atoms with Crippen molar-refractivity contribution in [1.29, 1.82) is 0 Å². The highest BCUT2D eigenvalue weighted by Gasteiger charge is 2.22. The molecule has 2 amide bonds. The van der Waals surface area contributed by atoms with Gasteiger partial charge >= 0.3 is 0 Å². The van der Waals surface area contributed by atoms with Crippen molar-refractivity contribution in [2.24, 2.45) is 0 Å². The van der Waals surface area contributed by atoms with Gasteiger partial charge in [-0.3, -0.25) is 19.5 Å². The van der Waals surface area contributed by atoms with Crippen LogP contribution in [0.5, 0.6) is 0 Å². The standard InChI is InChI=1S/C26H28N4O3/c1-19-6-5-9-23(24(19)29-25(31)21-10-12-27-13-11-21)26(32)28-16-22-18-30(14-15-33-22)17-20-7-3-2-4-8-20/h2-13,22H,14-18H2,1H3,(H,28,32)(H,29,31). The molecule has 7 heteroatoms. The van der Waals surface area contributed by atoms with Crippen molar-refractivity contribution < 1.29 is 14.3 Å². The summed E-state index contributed by atoms with van der Waals surface area (Å²) in [4.78, 5) is 31.9. The summed E-state index contributed by atoms with van der Waals surface area (Å²) in [6.07, 6.45) is 3.03. The highest BCUT2D eigenvalue weighted by atomic mass is 16.5. The number of pyridine rings is 1. The summed E-state index contributed by atoms with van der Waals surface area (Å²) in [7, 11) is 0. The third-order valence-corrected chi connectivity index (χ3v) is 5.66. The van der Waals surface area contributed by atoms with Crippen LogP contribution in [-0.2, 0) is 11.3 Å². The van der Waals surface area contributed by atoms with Crippen molar-refractivity contribution in [2.45, 2.75) is 19.6 Å². The van der Waals surface area contributed by atoms with E-state index in [4.69, 9.17) is 4.74 Å². The first-order valence-corrected chi connectivity index (χ1v) is 11.1. The maximum atomic E-state index is 13.0. The Hall–Kier alpha value is -3.55. The fourth-order valence-electron chi connectivity index (χ4n) is 3.90. The maximum absolute atomic E-state index is 13.0. The van der Waals surface area contributed by atoms with Crippen LogP contribution < -0.4 is 10.6 Å². The molecular formula is C26H28N4O3. The molecule has 1 aliphatic heterocycles. The molecule has 2 N–H and O–H groups in total. The molecule has 0 bridgehead atoms. The average molecular weight is 445 g/mol. The molecule has 0 aliphatic carbocycles. The number of morpholine rings is 1. The third-order valence-electron chi connectivity index (χ3n) is 5.66. The molecule has 1 fully saturated rings. The lowest BCUT2D eigenvalue weighted by Crippen LogP contribution is -2.47. The van der Waals surface area contributed by atoms with Crippen molar-refractivity contribution in [2.75, 3.05) is 31.6 Å². The van der Waals surface area contributed by atoms with Gasteiger partial charge in [-0.1, -0.05) is 42.5 Å². The Kier molecular flexibility index (Phi) is 7.44. The van der Waals surface area contributed by atoms with Gasteiger partial charge in [-0.15, -0.1) is 0 Å². The van der Waals surface area contributed by atoms with Crippen LogP contribution in [0.2, 0.25) is 0 Å². The summed E-state index contributed by atoms with van der Waals surface area (Å²) < 4.78 is 5.88. The van der Waals surface area contributed by atoms with E-state index in [1.54, 1.807) is 30.6 Å². The van der Waals surface area contributed by atoms with Crippen LogP contribution in [-0.4, -0.2) is 54.0 Å². The molecule has 3 aromatic rings. The van der Waals surface area contributed by atoms with Crippen LogP contribution in [0.25, 0.3) is 0 Å². The number of anilines is 1. The molecule has 1 atom stereocenters. The number of aromatic nitrogens is 1. The molecule has 0 radical (unpaired) electrons. The monoisotopic (exact) mass is 444 g/mol. The number of rotatable bonds is 7. The lowest BCUT2D eigenvalue weighted by molar-refractivity contribution is -0.0292. The molecule has 33 heavy (non-hydrogen) atoms. The topological polar surface area (TPSA) is 83.6 Å². The molecule has 1 aliphatic rings. The SMILES string of the molecule is Cc1cccc(C(=O)NCC2CN(Cc3ccccc3)CCO2)c1NC(=O)c1ccncc1. The molecule has 0 spiro atoms. The summed E-state index contributed by atoms with van der Waals surface area (Å²) >= 11 is 0. The summed E-state index contributed by atoms with van der Waals surface area (Å²) in [5.41, 5.74) is 3.49. The van der Waals surface area contributed by atoms with Crippen molar-refractivity contribution >= 4 is 17.5 Å². The fraction of sp³-hybridized carbons (Fsp3) is 0.269. The Morgan fingerprint density at radius 2 is 1.82 bits per heavy atom. The Balaban J connectivity index is 1.37. The molecule has 1 unspecified atom stereocenters. The van der Waals surface area contributed by atoms with Gasteiger partial charge in [0.1, 0.15) is 0 Å². The van der Waals surface area contributed by atoms with E-state index >= 15 is 0 Å². The van der Waals surface area contributed by atoms with E-state index in [0.29, 0.717) is 30.0 Å². The second-order valence-electron chi connectivity index (χ2n) is 8.11. The number of amides is 2. The first-order valence-electron chi connectivity index (χ1n) is 11.1. The highest BCUT2D eigenvalue weighted by molar-refractivity contribution is 6.09. The summed E-state index contributed by atoms with van der Waals surface area (Å²) in [6.45, 7) is 5.36. The van der Waals surface area contributed by atoms with Crippen molar-refractivity contribution in [3.05, 3.63) is 95.3 Å². The zero-order valence-electron chi connectivity index (χ0n) is 18.7. The Morgan fingerprint density at radius 3 is 2.61 bits per heavy atom. The van der Waals surface area contributed by atoms with Crippen LogP contribution in [0.15, 0.2) is 73.1 Å². The first-order chi connectivity index (χ1) is 16.1. The number of aryl methyl sites for hydroxylation is 1. The number of carbonyl (C=O) groups is 2. The van der Waals surface area contributed by atoms with Crippen molar-refractivity contribution in [3.8, 4) is 0 Å². The number of nitrogens with one attached hydrogen (secondary N) is 2. The number of carbonyl (C=O) groups excluding carboxylic acids is 2. The first kappa shape index (κ1) is 22.6. The Labute approximate surface area is 193 Å². The van der Waals surface area contributed by atoms with E-state index in [2.05, 4.69) is 32.7 Å². The van der Waals surface area contributed by atoms with E-state index in [0.717, 1.165) is 25.2 Å². The summed E-state index contributed by atoms with van der Waals surface area (Å²) in [5.74, 6) is -0.527. The van der Waals surface area contributed by atoms with Gasteiger partial charge in [-0.2, -0.15) is 0 Å². The molecule has 170 valence electrons. The number of ether oxygens (including phenoxy) is 1. The smallest absolute Gasteiger partial charge is 0.255 e. The minimum atomic E-state index is -0.284. The quantitative estimate of drug-likeness (QED) is 0.584. The molecule has 0 saturated carbocycles. The third kappa shape index (κ3) is 6.03. The minimum absolute atomic E-state index is 0.0916. The average Bonchev–Trinajstić information content (AvgIpc) is 2.85. The predicted molar refractivity (Wildman–Crippen MR) is 127 cm³/mol. The summed E-state index contributed by atoms with van der Waals surface area (Å²) in [6, 6.07) is 19.0. The van der Waals surface area contributed by atoms with Gasteiger partial charge in [0.2, 0.25) is 0 Å². The van der Waals surface area contributed by atoms with Crippen LogP contribution in [0.1, 0.15) is 31.8 Å². The van der Waals surface area contributed by atoms with E-state index in [9.17, 15) is 9.59 Å². The normalized spacial score (nSPS) is 16.2. The minimum Gasteiger partial charge on any atom is -0.374 e. The molecule has 4 rings (SSSR count). The van der Waals surface area contributed by atoms with Gasteiger partial charge in [-0.25, -0.2) is 0 Å². The van der Waals surface area contributed by atoms with E-state index < -0.39 is 0 Å². The van der Waals surface area contributed by atoms with Gasteiger partial charge in [0.25, 0.3) is 11.8 Å². The lowest BCUT2D eigenvalue weighted by Gasteiger charge is -2.33. The zero-order chi connectivity index (χ0) is 23.0. The number of hydrogen-bond acceptors (Lipinski definition) is 5. The predicted octanol–water partition coefficient (Wildman–Crippen LogP) is 3.27. The Bertz CT molecular complexity index is 1090. The number of nitrogens with zero attached hydrogens (tertiary/aromatic N) is 2. The van der Waals surface area contributed by atoms with Crippen molar-refractivity contribution in [3.63, 3.8) is 0 Å². The van der Waals surface area contributed by atoms with Gasteiger partial charge in [-0.05, 0) is 36.2 Å². The Morgan fingerprint density at radius 1 is 1.03 bits per heavy atom. The van der Waals surface area contributed by atoms with E-state index in [1.165, 1.54) is 5.56 Å². The molecule has 1 aromatic heterocycles. The number of hydrogen-bond donors (Lipinski definition) is 2. The van der Waals surface area contributed by atoms with Crippen LogP contribution in [0.4, 0.5) is 5.69 Å². The molecule has 2 aromatic carbocycles. The van der Waals surface area contributed by atoms with Crippen molar-refractivity contribution in [1.82, 2.24) is 15.2 Å². The second kappa shape index (κ2) is 10.8. The maximum Gasteiger partial charge on any atom is 0.255 e. The second-order valence-corrected chi connectivity index (χ2v) is 8.11. The number of para-hydroxylation sites is 1. The van der Waals surface area contributed by atoms with Gasteiger partial charge in [0.05, 0.1) is 24.0 Å². The lowest BCUT2D eigenvalue weighted by atomic mass is 10.1. The fourth-order valence-corrected chi connectivity index (χ4v) is 3.90. The highest BCUT2D eigenvalue weighted by Crippen LogP contribution is 2.21. The van der Waals surface area contributed by atoms with E-state index in [-0.39, 0.29) is 17.9 Å². The van der Waals surface area contributed by atoms with E-state index in [1.807, 2.05) is 37.3 Å². The van der Waals surface area contributed by atoms with Gasteiger partial charge < -0.3 is 15.4 Å². The molecule has 1 saturated heterocycles. The molecule has 7 nitrogen and oxygen atoms in total. The van der Waals surface area contributed by atoms with Crippen LogP contribution in [0, 0.1) is 6.92 Å². The van der Waals surface area contributed by atoms with Crippen LogP contribution >= 0.6 is 0 Å². The van der Waals surface area contributed by atoms with Gasteiger partial charge in [0.15, 0.2) is 0 Å². The zero-order valence-corrected chi connectivity index (χ0v) is 18.7. The number of benzene rings is 2. The molecular weight excluding hydrogens is 416 g/mol.